The van der Waals surface area contributed by atoms with E-state index in [0.29, 0.717) is 30.0 Å². The molecule has 1 rings (SSSR count). The third kappa shape index (κ3) is 3.58. The maximum absolute atomic E-state index is 13.9. The summed E-state index contributed by atoms with van der Waals surface area (Å²) in [4.78, 5) is 0. The van der Waals surface area contributed by atoms with Crippen LogP contribution in [0.15, 0.2) is 12.1 Å². The van der Waals surface area contributed by atoms with Gasteiger partial charge in [0, 0.05) is 24.3 Å². The molecule has 0 aliphatic rings. The number of aliphatic hydroxyl groups excluding tert-OH is 1. The van der Waals surface area contributed by atoms with E-state index in [1.807, 2.05) is 6.92 Å². The molecule has 18 heavy (non-hydrogen) atoms. The van der Waals surface area contributed by atoms with Crippen LogP contribution in [-0.2, 0) is 0 Å². The molecule has 1 aromatic rings. The molecule has 0 amide bonds. The van der Waals surface area contributed by atoms with Crippen molar-refractivity contribution in [2.45, 2.75) is 19.4 Å². The van der Waals surface area contributed by atoms with Gasteiger partial charge >= 0.3 is 0 Å². The minimum absolute atomic E-state index is 0.119. The van der Waals surface area contributed by atoms with Crippen LogP contribution < -0.4 is 14.8 Å². The highest BCUT2D eigenvalue weighted by Crippen LogP contribution is 2.32. The fraction of sp³-hybridized carbons (Fsp3) is 0.538. The number of rotatable bonds is 7. The van der Waals surface area contributed by atoms with Gasteiger partial charge in [-0.15, -0.1) is 0 Å². The second-order valence-corrected chi connectivity index (χ2v) is 3.98. The van der Waals surface area contributed by atoms with Crippen LogP contribution in [0.5, 0.6) is 11.5 Å². The van der Waals surface area contributed by atoms with Crippen molar-refractivity contribution in [2.75, 3.05) is 27.4 Å². The van der Waals surface area contributed by atoms with Gasteiger partial charge in [-0.05, 0) is 26.0 Å². The number of hydrogen-bond acceptors (Lipinski definition) is 4. The second kappa shape index (κ2) is 7.18. The van der Waals surface area contributed by atoms with Crippen LogP contribution in [-0.4, -0.2) is 32.5 Å². The largest absolute Gasteiger partial charge is 0.493 e. The van der Waals surface area contributed by atoms with Crippen LogP contribution in [0.4, 0.5) is 4.39 Å². The molecule has 0 radical (unpaired) electrons. The monoisotopic (exact) mass is 257 g/mol. The summed E-state index contributed by atoms with van der Waals surface area (Å²) in [6.45, 7) is 2.61. The molecule has 0 aliphatic carbocycles. The van der Waals surface area contributed by atoms with E-state index in [0.717, 1.165) is 0 Å². The normalized spacial score (nSPS) is 12.3. The lowest BCUT2D eigenvalue weighted by atomic mass is 10.1. The number of halogens is 1. The van der Waals surface area contributed by atoms with Gasteiger partial charge in [-0.1, -0.05) is 0 Å². The van der Waals surface area contributed by atoms with E-state index >= 15 is 0 Å². The van der Waals surface area contributed by atoms with Gasteiger partial charge < -0.3 is 19.9 Å². The van der Waals surface area contributed by atoms with Crippen LogP contribution in [0.3, 0.4) is 0 Å². The van der Waals surface area contributed by atoms with Crippen molar-refractivity contribution in [3.8, 4) is 11.5 Å². The summed E-state index contributed by atoms with van der Waals surface area (Å²) in [5, 5.41) is 11.8. The average Bonchev–Trinajstić information content (AvgIpc) is 2.38. The highest BCUT2D eigenvalue weighted by Gasteiger charge is 2.15. The molecule has 102 valence electrons. The van der Waals surface area contributed by atoms with Crippen molar-refractivity contribution in [1.82, 2.24) is 5.32 Å². The van der Waals surface area contributed by atoms with E-state index in [-0.39, 0.29) is 18.5 Å². The zero-order chi connectivity index (χ0) is 13.5. The standard InChI is InChI=1S/C13H20FNO3/c1-9(15-5-4-6-16)10-7-12(17-2)13(18-3)8-11(10)14/h7-9,15-16H,4-6H2,1-3H3. The summed E-state index contributed by atoms with van der Waals surface area (Å²) in [6, 6.07) is 2.79. The molecule has 0 saturated heterocycles. The van der Waals surface area contributed by atoms with Crippen LogP contribution in [0, 0.1) is 5.82 Å². The summed E-state index contributed by atoms with van der Waals surface area (Å²) >= 11 is 0. The zero-order valence-corrected chi connectivity index (χ0v) is 11.0. The minimum atomic E-state index is -0.336. The molecule has 4 nitrogen and oxygen atoms in total. The average molecular weight is 257 g/mol. The molecule has 0 bridgehead atoms. The van der Waals surface area contributed by atoms with Gasteiger partial charge in [-0.2, -0.15) is 0 Å². The van der Waals surface area contributed by atoms with Crippen LogP contribution in [0.1, 0.15) is 24.9 Å². The highest BCUT2D eigenvalue weighted by molar-refractivity contribution is 5.44. The van der Waals surface area contributed by atoms with E-state index in [1.165, 1.54) is 20.3 Å². The summed E-state index contributed by atoms with van der Waals surface area (Å²) < 4.78 is 24.1. The third-order valence-corrected chi connectivity index (χ3v) is 2.75. The quantitative estimate of drug-likeness (QED) is 0.732. The van der Waals surface area contributed by atoms with Gasteiger partial charge in [0.2, 0.25) is 0 Å². The Morgan fingerprint density at radius 3 is 2.44 bits per heavy atom. The maximum atomic E-state index is 13.9. The SMILES string of the molecule is COc1cc(F)c(C(C)NCCCO)cc1OC. The predicted molar refractivity (Wildman–Crippen MR) is 67.6 cm³/mol. The fourth-order valence-electron chi connectivity index (χ4n) is 1.71. The van der Waals surface area contributed by atoms with Crippen molar-refractivity contribution < 1.29 is 19.0 Å². The molecule has 0 aromatic heterocycles. The lowest BCUT2D eigenvalue weighted by molar-refractivity contribution is 0.283. The molecule has 2 N–H and O–H groups in total. The highest BCUT2D eigenvalue weighted by atomic mass is 19.1. The second-order valence-electron chi connectivity index (χ2n) is 3.98. The zero-order valence-electron chi connectivity index (χ0n) is 11.0. The molecular weight excluding hydrogens is 237 g/mol. The third-order valence-electron chi connectivity index (χ3n) is 2.75. The molecule has 5 heteroatoms. The first kappa shape index (κ1) is 14.7. The van der Waals surface area contributed by atoms with Crippen LogP contribution in [0.25, 0.3) is 0 Å². The number of ether oxygens (including phenoxy) is 2. The molecule has 0 fully saturated rings. The first-order chi connectivity index (χ1) is 8.63. The van der Waals surface area contributed by atoms with E-state index in [9.17, 15) is 4.39 Å². The first-order valence-electron chi connectivity index (χ1n) is 5.89. The topological polar surface area (TPSA) is 50.7 Å². The Morgan fingerprint density at radius 1 is 1.28 bits per heavy atom. The molecular formula is C13H20FNO3. The van der Waals surface area contributed by atoms with E-state index in [2.05, 4.69) is 5.32 Å². The Kier molecular flexibility index (Phi) is 5.88. The van der Waals surface area contributed by atoms with E-state index in [1.54, 1.807) is 6.07 Å². The van der Waals surface area contributed by atoms with Crippen molar-refractivity contribution in [1.29, 1.82) is 0 Å². The van der Waals surface area contributed by atoms with Crippen molar-refractivity contribution in [2.24, 2.45) is 0 Å². The van der Waals surface area contributed by atoms with Gasteiger partial charge in [0.05, 0.1) is 14.2 Å². The summed E-state index contributed by atoms with van der Waals surface area (Å²) in [5.74, 6) is 0.544. The van der Waals surface area contributed by atoms with E-state index in [4.69, 9.17) is 14.6 Å². The van der Waals surface area contributed by atoms with Gasteiger partial charge in [0.25, 0.3) is 0 Å². The molecule has 1 atom stereocenters. The van der Waals surface area contributed by atoms with Gasteiger partial charge in [0.1, 0.15) is 5.82 Å². The van der Waals surface area contributed by atoms with Crippen LogP contribution >= 0.6 is 0 Å². The van der Waals surface area contributed by atoms with Crippen molar-refractivity contribution in [3.63, 3.8) is 0 Å². The molecule has 1 aromatic carbocycles. The fourth-order valence-corrected chi connectivity index (χ4v) is 1.71. The van der Waals surface area contributed by atoms with Gasteiger partial charge in [0.15, 0.2) is 11.5 Å². The van der Waals surface area contributed by atoms with Gasteiger partial charge in [-0.3, -0.25) is 0 Å². The van der Waals surface area contributed by atoms with Crippen LogP contribution in [0.2, 0.25) is 0 Å². The number of hydrogen-bond donors (Lipinski definition) is 2. The van der Waals surface area contributed by atoms with Crippen molar-refractivity contribution in [3.05, 3.63) is 23.5 Å². The lowest BCUT2D eigenvalue weighted by Crippen LogP contribution is -2.21. The lowest BCUT2D eigenvalue weighted by Gasteiger charge is -2.17. The Labute approximate surface area is 107 Å². The smallest absolute Gasteiger partial charge is 0.163 e. The Hall–Kier alpha value is -1.33. The number of benzene rings is 1. The Balaban J connectivity index is 2.87. The number of methoxy groups -OCH3 is 2. The molecule has 1 unspecified atom stereocenters. The summed E-state index contributed by atoms with van der Waals surface area (Å²) in [7, 11) is 2.99. The molecule has 0 spiro atoms. The summed E-state index contributed by atoms with van der Waals surface area (Å²) in [5.41, 5.74) is 0.519. The molecule has 0 aliphatic heterocycles. The minimum Gasteiger partial charge on any atom is -0.493 e. The predicted octanol–water partition coefficient (Wildman–Crippen LogP) is 1.88. The number of aliphatic hydroxyl groups is 1. The first-order valence-corrected chi connectivity index (χ1v) is 5.89. The Morgan fingerprint density at radius 2 is 1.89 bits per heavy atom. The maximum Gasteiger partial charge on any atom is 0.163 e. The number of nitrogens with one attached hydrogen (secondary N) is 1. The molecule has 0 saturated carbocycles. The summed E-state index contributed by atoms with van der Waals surface area (Å²) in [6.07, 6.45) is 0.638. The van der Waals surface area contributed by atoms with Crippen molar-refractivity contribution >= 4 is 0 Å². The van der Waals surface area contributed by atoms with Gasteiger partial charge in [-0.25, -0.2) is 4.39 Å². The Bertz CT molecular complexity index is 385. The molecule has 0 heterocycles. The van der Waals surface area contributed by atoms with E-state index < -0.39 is 0 Å².